The summed E-state index contributed by atoms with van der Waals surface area (Å²) in [4.78, 5) is 54.8. The van der Waals surface area contributed by atoms with Crippen LogP contribution in [0.1, 0.15) is 76.1 Å². The second-order valence-electron chi connectivity index (χ2n) is 10.6. The zero-order chi connectivity index (χ0) is 31.3. The molecule has 2 unspecified atom stereocenters. The van der Waals surface area contributed by atoms with Crippen LogP contribution >= 0.6 is 0 Å². The molecule has 13 heteroatoms. The number of carbonyl (C=O) groups is 4. The molecule has 2 atom stereocenters. The van der Waals surface area contributed by atoms with Gasteiger partial charge in [0.1, 0.15) is 18.4 Å². The topological polar surface area (TPSA) is 180 Å². The summed E-state index contributed by atoms with van der Waals surface area (Å²) in [6, 6.07) is 5.43. The van der Waals surface area contributed by atoms with Gasteiger partial charge >= 0.3 is 18.1 Å². The van der Waals surface area contributed by atoms with Crippen LogP contribution in [-0.4, -0.2) is 77.1 Å². The maximum absolute atomic E-state index is 13.4. The van der Waals surface area contributed by atoms with E-state index < -0.39 is 54.5 Å². The molecule has 43 heavy (non-hydrogen) atoms. The average molecular weight is 599 g/mol. The van der Waals surface area contributed by atoms with E-state index >= 15 is 0 Å². The molecule has 1 aromatic carbocycles. The number of aliphatic hydroxyl groups is 1. The third kappa shape index (κ3) is 8.15. The number of nitrogens with zero attached hydrogens (tertiary/aromatic N) is 1. The first-order valence-corrected chi connectivity index (χ1v) is 13.7. The lowest BCUT2D eigenvalue weighted by Gasteiger charge is -2.18. The third-order valence-electron chi connectivity index (χ3n) is 6.75. The summed E-state index contributed by atoms with van der Waals surface area (Å²) >= 11 is 0. The number of amides is 1. The van der Waals surface area contributed by atoms with E-state index in [2.05, 4.69) is 16.9 Å². The first-order valence-electron chi connectivity index (χ1n) is 13.7. The maximum Gasteiger partial charge on any atom is 0.511 e. The van der Waals surface area contributed by atoms with Crippen molar-refractivity contribution in [2.24, 2.45) is 5.92 Å². The lowest BCUT2D eigenvalue weighted by Crippen LogP contribution is -2.29. The number of esters is 1. The minimum Gasteiger partial charge on any atom is -0.478 e. The van der Waals surface area contributed by atoms with E-state index in [1.807, 2.05) is 0 Å². The van der Waals surface area contributed by atoms with Crippen LogP contribution in [-0.2, 0) is 30.3 Å². The van der Waals surface area contributed by atoms with Crippen LogP contribution in [0.2, 0.25) is 0 Å². The van der Waals surface area contributed by atoms with Gasteiger partial charge in [0.2, 0.25) is 6.29 Å². The standard InChI is InChI=1S/C30H34N2O11/c1-5-18-10-23(27(35)36)22(11-19(18)13-33)21-8-9-24(26(34)31-12-17-6-7-17)32-25(21)28(37)41-16(2)42-29(38)39-14-20-15-40-30(3,4)43-20/h5,8-11,16-17,20,33H,1,6-7,12-15H2,2-4H3,(H,31,34)(H,35,36). The van der Waals surface area contributed by atoms with Crippen LogP contribution in [0.5, 0.6) is 0 Å². The van der Waals surface area contributed by atoms with Gasteiger partial charge in [0.05, 0.1) is 18.8 Å². The largest absolute Gasteiger partial charge is 0.511 e. The van der Waals surface area contributed by atoms with E-state index in [4.69, 9.17) is 23.7 Å². The molecule has 4 rings (SSSR count). The lowest BCUT2D eigenvalue weighted by atomic mass is 9.92. The van der Waals surface area contributed by atoms with Gasteiger partial charge in [0.15, 0.2) is 11.5 Å². The third-order valence-corrected chi connectivity index (χ3v) is 6.75. The van der Waals surface area contributed by atoms with Crippen molar-refractivity contribution in [3.63, 3.8) is 0 Å². The molecule has 3 N–H and O–H groups in total. The van der Waals surface area contributed by atoms with E-state index in [1.54, 1.807) is 13.8 Å². The van der Waals surface area contributed by atoms with Crippen molar-refractivity contribution < 1.29 is 53.1 Å². The second kappa shape index (κ2) is 13.3. The van der Waals surface area contributed by atoms with E-state index in [9.17, 15) is 29.4 Å². The Morgan fingerprint density at radius 2 is 1.93 bits per heavy atom. The van der Waals surface area contributed by atoms with Crippen molar-refractivity contribution in [2.45, 2.75) is 58.4 Å². The van der Waals surface area contributed by atoms with Gasteiger partial charge in [-0.1, -0.05) is 12.7 Å². The molecular weight excluding hydrogens is 564 g/mol. The molecule has 13 nitrogen and oxygen atoms in total. The van der Waals surface area contributed by atoms with Gasteiger partial charge < -0.3 is 39.2 Å². The molecule has 1 amide bonds. The van der Waals surface area contributed by atoms with Crippen molar-refractivity contribution in [1.82, 2.24) is 10.3 Å². The Morgan fingerprint density at radius 3 is 2.53 bits per heavy atom. The highest BCUT2D eigenvalue weighted by Gasteiger charge is 2.34. The van der Waals surface area contributed by atoms with Crippen LogP contribution in [0.25, 0.3) is 17.2 Å². The number of hydrogen-bond acceptors (Lipinski definition) is 11. The summed E-state index contributed by atoms with van der Waals surface area (Å²) in [5.74, 6) is -3.36. The molecule has 2 fully saturated rings. The molecular formula is C30H34N2O11. The number of carbonyl (C=O) groups excluding carboxylic acids is 3. The van der Waals surface area contributed by atoms with E-state index in [0.29, 0.717) is 23.6 Å². The molecule has 0 spiro atoms. The number of benzene rings is 1. The number of carboxylic acid groups (broad SMARTS) is 1. The Morgan fingerprint density at radius 1 is 1.19 bits per heavy atom. The number of nitrogens with one attached hydrogen (secondary N) is 1. The molecule has 1 saturated heterocycles. The summed E-state index contributed by atoms with van der Waals surface area (Å²) in [6.45, 7) is 8.44. The van der Waals surface area contributed by atoms with E-state index in [0.717, 1.165) is 12.8 Å². The fourth-order valence-electron chi connectivity index (χ4n) is 4.40. The number of hydrogen-bond donors (Lipinski definition) is 3. The summed E-state index contributed by atoms with van der Waals surface area (Å²) in [6.07, 6.45) is 0.338. The van der Waals surface area contributed by atoms with Crippen molar-refractivity contribution in [3.8, 4) is 11.1 Å². The van der Waals surface area contributed by atoms with Gasteiger partial charge in [0.25, 0.3) is 5.91 Å². The summed E-state index contributed by atoms with van der Waals surface area (Å²) in [7, 11) is 0. The van der Waals surface area contributed by atoms with E-state index in [1.165, 1.54) is 37.3 Å². The zero-order valence-electron chi connectivity index (χ0n) is 24.1. The summed E-state index contributed by atoms with van der Waals surface area (Å²) < 4.78 is 26.3. The number of aliphatic hydroxyl groups excluding tert-OH is 1. The first-order chi connectivity index (χ1) is 20.4. The van der Waals surface area contributed by atoms with Gasteiger partial charge in [-0.2, -0.15) is 0 Å². The van der Waals surface area contributed by atoms with Crippen LogP contribution in [0.3, 0.4) is 0 Å². The normalized spacial score (nSPS) is 17.9. The highest BCUT2D eigenvalue weighted by molar-refractivity contribution is 6.03. The van der Waals surface area contributed by atoms with Crippen molar-refractivity contribution >= 4 is 30.1 Å². The van der Waals surface area contributed by atoms with Gasteiger partial charge in [-0.05, 0) is 73.6 Å². The fraction of sp³-hybridized carbons (Fsp3) is 0.433. The Labute approximate surface area is 247 Å². The maximum atomic E-state index is 13.4. The molecule has 2 aliphatic rings. The fourth-order valence-corrected chi connectivity index (χ4v) is 4.40. The predicted molar refractivity (Wildman–Crippen MR) is 150 cm³/mol. The molecule has 1 aliphatic carbocycles. The van der Waals surface area contributed by atoms with Gasteiger partial charge in [0, 0.05) is 19.0 Å². The Bertz CT molecular complexity index is 1420. The Balaban J connectivity index is 1.58. The highest BCUT2D eigenvalue weighted by Crippen LogP contribution is 2.32. The zero-order valence-corrected chi connectivity index (χ0v) is 24.1. The number of aromatic nitrogens is 1. The van der Waals surface area contributed by atoms with Crippen molar-refractivity contribution in [2.75, 3.05) is 19.8 Å². The van der Waals surface area contributed by atoms with Gasteiger partial charge in [-0.15, -0.1) is 0 Å². The van der Waals surface area contributed by atoms with Crippen molar-refractivity contribution in [1.29, 1.82) is 0 Å². The van der Waals surface area contributed by atoms with E-state index in [-0.39, 0.29) is 35.6 Å². The SMILES string of the molecule is C=Cc1cc(C(=O)O)c(-c2ccc(C(=O)NCC3CC3)nc2C(=O)OC(C)OC(=O)OCC2COC(C)(C)O2)cc1CO. The minimum absolute atomic E-state index is 0.0160. The van der Waals surface area contributed by atoms with Crippen molar-refractivity contribution in [3.05, 3.63) is 58.9 Å². The Kier molecular flexibility index (Phi) is 9.79. The molecule has 2 aromatic rings. The molecule has 2 heterocycles. The monoisotopic (exact) mass is 598 g/mol. The van der Waals surface area contributed by atoms with Crippen LogP contribution < -0.4 is 5.32 Å². The van der Waals surface area contributed by atoms with Crippen LogP contribution in [0.4, 0.5) is 4.79 Å². The number of pyridine rings is 1. The number of rotatable bonds is 12. The van der Waals surface area contributed by atoms with Crippen LogP contribution in [0.15, 0.2) is 30.8 Å². The molecule has 1 saturated carbocycles. The second-order valence-corrected chi connectivity index (χ2v) is 10.6. The molecule has 0 radical (unpaired) electrons. The number of aromatic carboxylic acids is 1. The number of ether oxygens (including phenoxy) is 5. The summed E-state index contributed by atoms with van der Waals surface area (Å²) in [5.41, 5.74) is 0.0781. The molecule has 1 aromatic heterocycles. The lowest BCUT2D eigenvalue weighted by molar-refractivity contribution is -0.145. The highest BCUT2D eigenvalue weighted by atomic mass is 16.8. The summed E-state index contributed by atoms with van der Waals surface area (Å²) in [5, 5.41) is 22.6. The van der Waals surface area contributed by atoms with Crippen LogP contribution in [0, 0.1) is 5.92 Å². The predicted octanol–water partition coefficient (Wildman–Crippen LogP) is 3.53. The minimum atomic E-state index is -1.45. The Hall–Kier alpha value is -4.33. The average Bonchev–Trinajstić information content (AvgIpc) is 3.74. The number of carboxylic acids is 1. The van der Waals surface area contributed by atoms with Gasteiger partial charge in [-0.3, -0.25) is 4.79 Å². The molecule has 0 bridgehead atoms. The molecule has 230 valence electrons. The quantitative estimate of drug-likeness (QED) is 0.239. The molecule has 1 aliphatic heterocycles. The van der Waals surface area contributed by atoms with Gasteiger partial charge in [-0.25, -0.2) is 19.4 Å². The smallest absolute Gasteiger partial charge is 0.478 e. The first kappa shape index (κ1) is 31.6.